The minimum absolute atomic E-state index is 0.249. The van der Waals surface area contributed by atoms with Crippen molar-refractivity contribution in [1.29, 1.82) is 0 Å². The number of anilines is 1. The van der Waals surface area contributed by atoms with Crippen LogP contribution in [0.15, 0.2) is 42.9 Å². The lowest BCUT2D eigenvalue weighted by Gasteiger charge is -2.05. The average Bonchev–Trinajstić information content (AvgIpc) is 2.77. The minimum atomic E-state index is 0.249. The van der Waals surface area contributed by atoms with Gasteiger partial charge in [-0.1, -0.05) is 6.07 Å². The Kier molecular flexibility index (Phi) is 2.53. The summed E-state index contributed by atoms with van der Waals surface area (Å²) in [7, 11) is 0. The van der Waals surface area contributed by atoms with Crippen molar-refractivity contribution in [3.05, 3.63) is 48.4 Å². The molecule has 0 unspecified atom stereocenters. The van der Waals surface area contributed by atoms with Gasteiger partial charge in [0.25, 0.3) is 0 Å². The molecule has 0 aliphatic heterocycles. The van der Waals surface area contributed by atoms with Gasteiger partial charge in [0.05, 0.1) is 0 Å². The summed E-state index contributed by atoms with van der Waals surface area (Å²) < 4.78 is 7.25. The van der Waals surface area contributed by atoms with Crippen molar-refractivity contribution in [2.75, 3.05) is 5.73 Å². The summed E-state index contributed by atoms with van der Waals surface area (Å²) in [5.74, 6) is 0.971. The number of rotatable bonds is 3. The summed E-state index contributed by atoms with van der Waals surface area (Å²) in [6.45, 7) is 0.466. The second-order valence-electron chi connectivity index (χ2n) is 3.79. The highest BCUT2D eigenvalue weighted by Crippen LogP contribution is 2.15. The third kappa shape index (κ3) is 2.08. The molecule has 2 N–H and O–H groups in total. The van der Waals surface area contributed by atoms with Gasteiger partial charge in [-0.15, -0.1) is 5.10 Å². The first kappa shape index (κ1) is 10.5. The molecule has 0 bridgehead atoms. The van der Waals surface area contributed by atoms with E-state index >= 15 is 0 Å². The van der Waals surface area contributed by atoms with Gasteiger partial charge in [-0.2, -0.15) is 4.98 Å². The van der Waals surface area contributed by atoms with Crippen LogP contribution in [0, 0.1) is 0 Å². The van der Waals surface area contributed by atoms with Crippen LogP contribution in [0.5, 0.6) is 5.75 Å². The molecule has 3 rings (SSSR count). The first-order valence-electron chi connectivity index (χ1n) is 5.45. The Morgan fingerprint density at radius 2 is 2.28 bits per heavy atom. The molecule has 0 amide bonds. The topological polar surface area (TPSA) is 78.3 Å². The predicted octanol–water partition coefficient (Wildman–Crippen LogP) is 1.29. The maximum absolute atomic E-state index is 5.65. The molecule has 0 atom stereocenters. The Morgan fingerprint density at radius 1 is 1.33 bits per heavy atom. The highest BCUT2D eigenvalue weighted by molar-refractivity contribution is 5.46. The highest BCUT2D eigenvalue weighted by Gasteiger charge is 2.02. The normalized spacial score (nSPS) is 10.7. The Balaban J connectivity index is 1.78. The van der Waals surface area contributed by atoms with Gasteiger partial charge in [-0.3, -0.25) is 4.98 Å². The van der Waals surface area contributed by atoms with Crippen LogP contribution in [0.1, 0.15) is 5.56 Å². The van der Waals surface area contributed by atoms with E-state index in [1.54, 1.807) is 29.2 Å². The quantitative estimate of drug-likeness (QED) is 0.747. The molecule has 0 saturated heterocycles. The van der Waals surface area contributed by atoms with E-state index in [0.717, 1.165) is 11.3 Å². The summed E-state index contributed by atoms with van der Waals surface area (Å²) in [5, 5.41) is 3.99. The monoisotopic (exact) mass is 241 g/mol. The van der Waals surface area contributed by atoms with Gasteiger partial charge in [0.2, 0.25) is 5.95 Å². The van der Waals surface area contributed by atoms with Gasteiger partial charge in [-0.05, 0) is 12.1 Å². The lowest BCUT2D eigenvalue weighted by atomic mass is 10.3. The lowest BCUT2D eigenvalue weighted by Crippen LogP contribution is -1.96. The number of nitrogen functional groups attached to an aromatic ring is 1. The SMILES string of the molecule is Nc1nc2cc(OCc3cccnc3)ccn2n1. The van der Waals surface area contributed by atoms with Gasteiger partial charge in [0, 0.05) is 30.2 Å². The molecular formula is C12H11N5O. The third-order valence-electron chi connectivity index (χ3n) is 2.45. The van der Waals surface area contributed by atoms with E-state index in [2.05, 4.69) is 15.1 Å². The zero-order valence-corrected chi connectivity index (χ0v) is 9.52. The second kappa shape index (κ2) is 4.33. The molecule has 0 aliphatic rings. The van der Waals surface area contributed by atoms with Gasteiger partial charge in [0.15, 0.2) is 5.65 Å². The molecule has 18 heavy (non-hydrogen) atoms. The van der Waals surface area contributed by atoms with Crippen LogP contribution in [0.25, 0.3) is 5.65 Å². The van der Waals surface area contributed by atoms with E-state index in [1.165, 1.54) is 0 Å². The van der Waals surface area contributed by atoms with Crippen LogP contribution >= 0.6 is 0 Å². The summed E-state index contributed by atoms with van der Waals surface area (Å²) >= 11 is 0. The number of nitrogens with zero attached hydrogens (tertiary/aromatic N) is 4. The molecule has 90 valence electrons. The van der Waals surface area contributed by atoms with E-state index in [1.807, 2.05) is 18.2 Å². The molecule has 0 spiro atoms. The number of aromatic nitrogens is 4. The van der Waals surface area contributed by atoms with Crippen LogP contribution in [0.4, 0.5) is 5.95 Å². The van der Waals surface area contributed by atoms with E-state index in [-0.39, 0.29) is 5.95 Å². The molecule has 6 heteroatoms. The van der Waals surface area contributed by atoms with E-state index in [0.29, 0.717) is 12.3 Å². The lowest BCUT2D eigenvalue weighted by molar-refractivity contribution is 0.305. The number of nitrogens with two attached hydrogens (primary N) is 1. The van der Waals surface area contributed by atoms with Crippen LogP contribution in [-0.4, -0.2) is 19.6 Å². The number of pyridine rings is 2. The van der Waals surface area contributed by atoms with Crippen molar-refractivity contribution in [1.82, 2.24) is 19.6 Å². The largest absolute Gasteiger partial charge is 0.489 e. The van der Waals surface area contributed by atoms with E-state index < -0.39 is 0 Å². The van der Waals surface area contributed by atoms with Gasteiger partial charge in [0.1, 0.15) is 12.4 Å². The smallest absolute Gasteiger partial charge is 0.240 e. The van der Waals surface area contributed by atoms with E-state index in [9.17, 15) is 0 Å². The fourth-order valence-electron chi connectivity index (χ4n) is 1.62. The van der Waals surface area contributed by atoms with Gasteiger partial charge in [-0.25, -0.2) is 4.52 Å². The highest BCUT2D eigenvalue weighted by atomic mass is 16.5. The Hall–Kier alpha value is -2.63. The van der Waals surface area contributed by atoms with Crippen LogP contribution in [0.2, 0.25) is 0 Å². The van der Waals surface area contributed by atoms with Gasteiger partial charge >= 0.3 is 0 Å². The molecule has 3 aromatic rings. The molecule has 0 fully saturated rings. The molecule has 3 heterocycles. The van der Waals surface area contributed by atoms with E-state index in [4.69, 9.17) is 10.5 Å². The summed E-state index contributed by atoms with van der Waals surface area (Å²) in [4.78, 5) is 8.09. The standard InChI is InChI=1S/C12H11N5O/c13-12-15-11-6-10(3-5-17(11)16-12)18-8-9-2-1-4-14-7-9/h1-7H,8H2,(H2,13,16). The van der Waals surface area contributed by atoms with Crippen molar-refractivity contribution >= 4 is 11.6 Å². The van der Waals surface area contributed by atoms with Crippen LogP contribution in [0.3, 0.4) is 0 Å². The summed E-state index contributed by atoms with van der Waals surface area (Å²) in [5.41, 5.74) is 7.19. The number of fused-ring (bicyclic) bond motifs is 1. The molecule has 3 aromatic heterocycles. The third-order valence-corrected chi connectivity index (χ3v) is 2.45. The maximum Gasteiger partial charge on any atom is 0.240 e. The molecule has 6 nitrogen and oxygen atoms in total. The first-order chi connectivity index (χ1) is 8.81. The van der Waals surface area contributed by atoms with Crippen LogP contribution in [-0.2, 0) is 6.61 Å². The van der Waals surface area contributed by atoms with Crippen molar-refractivity contribution in [3.63, 3.8) is 0 Å². The Morgan fingerprint density at radius 3 is 3.11 bits per heavy atom. The average molecular weight is 241 g/mol. The first-order valence-corrected chi connectivity index (χ1v) is 5.45. The molecule has 0 radical (unpaired) electrons. The fraction of sp³-hybridized carbons (Fsp3) is 0.0833. The summed E-state index contributed by atoms with van der Waals surface area (Å²) in [6.07, 6.45) is 5.26. The number of ether oxygens (including phenoxy) is 1. The molecule has 0 aromatic carbocycles. The maximum atomic E-state index is 5.65. The van der Waals surface area contributed by atoms with Crippen molar-refractivity contribution in [2.24, 2.45) is 0 Å². The summed E-state index contributed by atoms with van der Waals surface area (Å²) in [6, 6.07) is 7.44. The fourth-order valence-corrected chi connectivity index (χ4v) is 1.62. The number of hydrogen-bond acceptors (Lipinski definition) is 5. The van der Waals surface area contributed by atoms with Crippen molar-refractivity contribution in [2.45, 2.75) is 6.61 Å². The number of hydrogen-bond donors (Lipinski definition) is 1. The van der Waals surface area contributed by atoms with Crippen molar-refractivity contribution < 1.29 is 4.74 Å². The molecule has 0 saturated carbocycles. The van der Waals surface area contributed by atoms with Crippen molar-refractivity contribution in [3.8, 4) is 5.75 Å². The molecule has 0 aliphatic carbocycles. The van der Waals surface area contributed by atoms with Crippen LogP contribution < -0.4 is 10.5 Å². The Labute approximate surface area is 103 Å². The minimum Gasteiger partial charge on any atom is -0.489 e. The second-order valence-corrected chi connectivity index (χ2v) is 3.79. The molecular weight excluding hydrogens is 230 g/mol. The zero-order chi connectivity index (χ0) is 12.4. The van der Waals surface area contributed by atoms with Gasteiger partial charge < -0.3 is 10.5 Å². The zero-order valence-electron chi connectivity index (χ0n) is 9.52. The Bertz CT molecular complexity index is 665. The predicted molar refractivity (Wildman–Crippen MR) is 66.0 cm³/mol.